The van der Waals surface area contributed by atoms with Gasteiger partial charge in [-0.25, -0.2) is 4.98 Å². The van der Waals surface area contributed by atoms with Crippen molar-refractivity contribution in [2.24, 2.45) is 5.73 Å². The number of hydrogen-bond acceptors (Lipinski definition) is 3. The van der Waals surface area contributed by atoms with E-state index in [0.717, 1.165) is 35.1 Å². The summed E-state index contributed by atoms with van der Waals surface area (Å²) in [7, 11) is 0. The highest BCUT2D eigenvalue weighted by molar-refractivity contribution is 9.10. The zero-order chi connectivity index (χ0) is 17.2. The van der Waals surface area contributed by atoms with Gasteiger partial charge < -0.3 is 15.6 Å². The van der Waals surface area contributed by atoms with E-state index in [2.05, 4.69) is 37.0 Å². The Kier molecular flexibility index (Phi) is 8.60. The van der Waals surface area contributed by atoms with Crippen molar-refractivity contribution in [2.45, 2.75) is 44.7 Å². The molecule has 0 saturated carbocycles. The molecule has 1 aromatic carbocycles. The van der Waals surface area contributed by atoms with E-state index < -0.39 is 5.54 Å². The Labute approximate surface area is 175 Å². The highest BCUT2D eigenvalue weighted by Crippen LogP contribution is 2.20. The van der Waals surface area contributed by atoms with Crippen LogP contribution in [0.4, 0.5) is 0 Å². The van der Waals surface area contributed by atoms with E-state index >= 15 is 0 Å². The molecule has 1 amide bonds. The number of nitrogens with zero attached hydrogens (tertiary/aromatic N) is 2. The van der Waals surface area contributed by atoms with Gasteiger partial charge in [0.2, 0.25) is 5.91 Å². The van der Waals surface area contributed by atoms with Gasteiger partial charge in [0.05, 0.1) is 5.69 Å². The van der Waals surface area contributed by atoms with Crippen LogP contribution in [0.3, 0.4) is 0 Å². The molecule has 3 N–H and O–H groups in total. The zero-order valence-electron chi connectivity index (χ0n) is 14.7. The molecule has 5 nitrogen and oxygen atoms in total. The molecule has 1 aliphatic rings. The SMILES string of the molecule is CC(N)(C(=O)NCCc1cn2c(n1)CCCC2)c1ccc(Br)cc1.Cl.Cl. The molecule has 1 aliphatic heterocycles. The fraction of sp³-hybridized carbons (Fsp3) is 0.444. The second kappa shape index (κ2) is 9.74. The number of nitrogens with two attached hydrogens (primary N) is 1. The molecule has 0 fully saturated rings. The van der Waals surface area contributed by atoms with Crippen LogP contribution in [0.2, 0.25) is 0 Å². The summed E-state index contributed by atoms with van der Waals surface area (Å²) >= 11 is 3.39. The molecule has 1 aromatic heterocycles. The fourth-order valence-corrected chi connectivity index (χ4v) is 3.27. The summed E-state index contributed by atoms with van der Waals surface area (Å²) in [4.78, 5) is 17.1. The lowest BCUT2D eigenvalue weighted by molar-refractivity contribution is -0.126. The maximum Gasteiger partial charge on any atom is 0.244 e. The highest BCUT2D eigenvalue weighted by atomic mass is 79.9. The number of aryl methyl sites for hydroxylation is 2. The van der Waals surface area contributed by atoms with Crippen molar-refractivity contribution in [3.8, 4) is 0 Å². The van der Waals surface area contributed by atoms with Gasteiger partial charge in [0, 0.05) is 36.6 Å². The Bertz CT molecular complexity index is 708. The van der Waals surface area contributed by atoms with Crippen molar-refractivity contribution in [1.82, 2.24) is 14.9 Å². The van der Waals surface area contributed by atoms with Crippen LogP contribution in [-0.4, -0.2) is 22.0 Å². The molecule has 144 valence electrons. The number of rotatable bonds is 5. The maximum absolute atomic E-state index is 12.5. The minimum atomic E-state index is -1.05. The summed E-state index contributed by atoms with van der Waals surface area (Å²) in [5.74, 6) is 0.995. The van der Waals surface area contributed by atoms with Gasteiger partial charge in [-0.1, -0.05) is 28.1 Å². The van der Waals surface area contributed by atoms with Crippen LogP contribution in [0.25, 0.3) is 0 Å². The lowest BCUT2D eigenvalue weighted by Gasteiger charge is -2.24. The van der Waals surface area contributed by atoms with Crippen molar-refractivity contribution in [1.29, 1.82) is 0 Å². The van der Waals surface area contributed by atoms with E-state index in [1.807, 2.05) is 24.3 Å². The van der Waals surface area contributed by atoms with Gasteiger partial charge in [0.15, 0.2) is 0 Å². The number of benzene rings is 1. The quantitative estimate of drug-likeness (QED) is 0.713. The summed E-state index contributed by atoms with van der Waals surface area (Å²) in [5.41, 5.74) is 7.03. The third-order valence-electron chi connectivity index (χ3n) is 4.54. The van der Waals surface area contributed by atoms with Gasteiger partial charge in [-0.05, 0) is 37.5 Å². The number of halogens is 3. The summed E-state index contributed by atoms with van der Waals surface area (Å²) in [5, 5.41) is 2.94. The first-order chi connectivity index (χ1) is 11.5. The molecule has 1 unspecified atom stereocenters. The number of fused-ring (bicyclic) bond motifs is 1. The number of carbonyl (C=O) groups is 1. The van der Waals surface area contributed by atoms with Gasteiger partial charge in [-0.15, -0.1) is 24.8 Å². The van der Waals surface area contributed by atoms with E-state index in [1.54, 1.807) is 6.92 Å². The lowest BCUT2D eigenvalue weighted by Crippen LogP contribution is -2.49. The van der Waals surface area contributed by atoms with Crippen molar-refractivity contribution >= 4 is 46.7 Å². The third kappa shape index (κ3) is 5.22. The highest BCUT2D eigenvalue weighted by Gasteiger charge is 2.30. The molecule has 26 heavy (non-hydrogen) atoms. The van der Waals surface area contributed by atoms with Crippen molar-refractivity contribution in [3.05, 3.63) is 52.0 Å². The summed E-state index contributed by atoms with van der Waals surface area (Å²) in [6.07, 6.45) is 6.32. The number of hydrogen-bond donors (Lipinski definition) is 2. The van der Waals surface area contributed by atoms with Gasteiger partial charge >= 0.3 is 0 Å². The number of carbonyl (C=O) groups excluding carboxylic acids is 1. The van der Waals surface area contributed by atoms with Gasteiger partial charge in [0.1, 0.15) is 11.4 Å². The largest absolute Gasteiger partial charge is 0.354 e. The molecule has 2 heterocycles. The van der Waals surface area contributed by atoms with Crippen LogP contribution in [0, 0.1) is 0 Å². The van der Waals surface area contributed by atoms with E-state index in [-0.39, 0.29) is 30.7 Å². The molecule has 0 saturated heterocycles. The first kappa shape index (κ1) is 23.0. The normalized spacial score (nSPS) is 15.0. The van der Waals surface area contributed by atoms with Gasteiger partial charge in [-0.2, -0.15) is 0 Å². The Balaban J connectivity index is 0.00000169. The number of amides is 1. The predicted octanol–water partition coefficient (Wildman–Crippen LogP) is 3.36. The molecule has 0 bridgehead atoms. The summed E-state index contributed by atoms with van der Waals surface area (Å²) < 4.78 is 3.20. The smallest absolute Gasteiger partial charge is 0.244 e. The van der Waals surface area contributed by atoms with Crippen LogP contribution in [0.5, 0.6) is 0 Å². The topological polar surface area (TPSA) is 72.9 Å². The molecule has 0 spiro atoms. The van der Waals surface area contributed by atoms with Crippen LogP contribution in [-0.2, 0) is 29.7 Å². The minimum Gasteiger partial charge on any atom is -0.354 e. The Morgan fingerprint density at radius 2 is 2.00 bits per heavy atom. The van der Waals surface area contributed by atoms with Gasteiger partial charge in [0.25, 0.3) is 0 Å². The molecule has 2 aromatic rings. The average Bonchev–Trinajstić information content (AvgIpc) is 2.97. The molecule has 0 radical (unpaired) electrons. The van der Waals surface area contributed by atoms with E-state index in [4.69, 9.17) is 5.73 Å². The first-order valence-corrected chi connectivity index (χ1v) is 9.14. The number of aromatic nitrogens is 2. The van der Waals surface area contributed by atoms with Crippen LogP contribution < -0.4 is 11.1 Å². The number of nitrogens with one attached hydrogen (secondary N) is 1. The molecule has 8 heteroatoms. The minimum absolute atomic E-state index is 0. The predicted molar refractivity (Wildman–Crippen MR) is 112 cm³/mol. The Morgan fingerprint density at radius 1 is 1.31 bits per heavy atom. The van der Waals surface area contributed by atoms with Crippen LogP contribution in [0.1, 0.15) is 36.8 Å². The second-order valence-electron chi connectivity index (χ2n) is 6.51. The molecule has 3 rings (SSSR count). The number of imidazole rings is 1. The Morgan fingerprint density at radius 3 is 2.65 bits per heavy atom. The summed E-state index contributed by atoms with van der Waals surface area (Å²) in [6.45, 7) is 3.33. The van der Waals surface area contributed by atoms with Crippen molar-refractivity contribution in [2.75, 3.05) is 6.54 Å². The third-order valence-corrected chi connectivity index (χ3v) is 5.07. The Hall–Kier alpha value is -1.08. The van der Waals surface area contributed by atoms with E-state index in [0.29, 0.717) is 6.54 Å². The first-order valence-electron chi connectivity index (χ1n) is 8.35. The maximum atomic E-state index is 12.5. The lowest BCUT2D eigenvalue weighted by atomic mass is 9.92. The van der Waals surface area contributed by atoms with Crippen LogP contribution in [0.15, 0.2) is 34.9 Å². The van der Waals surface area contributed by atoms with Crippen molar-refractivity contribution in [3.63, 3.8) is 0 Å². The molecular formula is C18H25BrCl2N4O. The monoisotopic (exact) mass is 462 g/mol. The summed E-state index contributed by atoms with van der Waals surface area (Å²) in [6, 6.07) is 7.52. The van der Waals surface area contributed by atoms with E-state index in [9.17, 15) is 4.79 Å². The second-order valence-corrected chi connectivity index (χ2v) is 7.43. The van der Waals surface area contributed by atoms with Crippen molar-refractivity contribution < 1.29 is 4.79 Å². The molecular weight excluding hydrogens is 439 g/mol. The van der Waals surface area contributed by atoms with Crippen LogP contribution >= 0.6 is 40.7 Å². The van der Waals surface area contributed by atoms with Gasteiger partial charge in [-0.3, -0.25) is 4.79 Å². The molecule has 1 atom stereocenters. The average molecular weight is 464 g/mol. The molecule has 0 aliphatic carbocycles. The van der Waals surface area contributed by atoms with E-state index in [1.165, 1.54) is 18.7 Å². The standard InChI is InChI=1S/C18H23BrN4O.2ClH/c1-18(20,13-5-7-14(19)8-6-13)17(24)21-10-9-15-12-23-11-3-2-4-16(23)22-15;;/h5-8,12H,2-4,9-11,20H2,1H3,(H,21,24);2*1H. The zero-order valence-corrected chi connectivity index (χ0v) is 17.9. The fourth-order valence-electron chi connectivity index (χ4n) is 3.01.